The third-order valence-corrected chi connectivity index (χ3v) is 7.23. The zero-order chi connectivity index (χ0) is 23.6. The Morgan fingerprint density at radius 2 is 1.85 bits per heavy atom. The quantitative estimate of drug-likeness (QED) is 0.552. The fourth-order valence-electron chi connectivity index (χ4n) is 3.56. The van der Waals surface area contributed by atoms with E-state index >= 15 is 0 Å². The molecule has 2 aromatic heterocycles. The summed E-state index contributed by atoms with van der Waals surface area (Å²) in [5.74, 6) is -0.446. The van der Waals surface area contributed by atoms with Crippen LogP contribution in [-0.2, 0) is 21.0 Å². The number of nitrogens with one attached hydrogen (secondary N) is 1. The van der Waals surface area contributed by atoms with Gasteiger partial charge < -0.3 is 9.80 Å². The van der Waals surface area contributed by atoms with Crippen LogP contribution in [0.15, 0.2) is 41.4 Å². The lowest BCUT2D eigenvalue weighted by Crippen LogP contribution is -2.50. The van der Waals surface area contributed by atoms with Gasteiger partial charge in [0.25, 0.3) is 0 Å². The van der Waals surface area contributed by atoms with Crippen molar-refractivity contribution >= 4 is 44.5 Å². The predicted molar refractivity (Wildman–Crippen MR) is 115 cm³/mol. The van der Waals surface area contributed by atoms with Crippen LogP contribution in [0.4, 0.5) is 19.0 Å². The maximum absolute atomic E-state index is 13.2. The summed E-state index contributed by atoms with van der Waals surface area (Å²) in [5.41, 5.74) is -0.0758. The highest BCUT2D eigenvalue weighted by Gasteiger charge is 2.36. The summed E-state index contributed by atoms with van der Waals surface area (Å²) in [6, 6.07) is 6.85. The lowest BCUT2D eigenvalue weighted by atomic mass is 10.2. The Labute approximate surface area is 191 Å². The number of hydrogen-bond acceptors (Lipinski definition) is 8. The van der Waals surface area contributed by atoms with Crippen molar-refractivity contribution in [3.05, 3.63) is 42.1 Å². The van der Waals surface area contributed by atoms with E-state index in [-0.39, 0.29) is 61.3 Å². The number of carbonyl (C=O) groups is 1. The molecule has 0 bridgehead atoms. The molecule has 0 aliphatic carbocycles. The van der Waals surface area contributed by atoms with Crippen molar-refractivity contribution in [1.82, 2.24) is 23.4 Å². The van der Waals surface area contributed by atoms with E-state index in [1.807, 2.05) is 0 Å². The Bertz CT molecular complexity index is 1260. The summed E-state index contributed by atoms with van der Waals surface area (Å²) in [7, 11) is -3.89. The van der Waals surface area contributed by atoms with E-state index in [9.17, 15) is 26.4 Å². The van der Waals surface area contributed by atoms with E-state index in [1.54, 1.807) is 12.1 Å². The number of anilines is 1. The highest BCUT2D eigenvalue weighted by molar-refractivity contribution is 7.89. The van der Waals surface area contributed by atoms with Gasteiger partial charge in [0.15, 0.2) is 0 Å². The molecule has 176 valence electrons. The maximum Gasteiger partial charge on any atom is 0.419 e. The average Bonchev–Trinajstić information content (AvgIpc) is 3.27. The van der Waals surface area contributed by atoms with Crippen LogP contribution in [0.3, 0.4) is 0 Å². The van der Waals surface area contributed by atoms with Gasteiger partial charge in [-0.3, -0.25) is 4.79 Å². The molecule has 1 saturated heterocycles. The van der Waals surface area contributed by atoms with Crippen LogP contribution in [0, 0.1) is 0 Å². The number of nitrogens with zero attached hydrogens (tertiary/aromatic N) is 5. The topological polar surface area (TPSA) is 108 Å². The van der Waals surface area contributed by atoms with Crippen molar-refractivity contribution in [2.45, 2.75) is 17.5 Å². The average molecular weight is 501 g/mol. The van der Waals surface area contributed by atoms with Gasteiger partial charge >= 0.3 is 6.18 Å². The number of sulfonamides is 1. The van der Waals surface area contributed by atoms with Gasteiger partial charge in [0.05, 0.1) is 17.3 Å². The molecule has 3 heterocycles. The van der Waals surface area contributed by atoms with Gasteiger partial charge in [-0.15, -0.1) is 0 Å². The van der Waals surface area contributed by atoms with E-state index in [0.717, 1.165) is 17.8 Å². The fraction of sp³-hybridized carbons (Fsp3) is 0.368. The molecule has 1 aliphatic rings. The molecule has 1 fully saturated rings. The molecule has 0 saturated carbocycles. The first-order valence-electron chi connectivity index (χ1n) is 9.93. The number of halogens is 3. The highest BCUT2D eigenvalue weighted by Crippen LogP contribution is 2.35. The standard InChI is InChI=1S/C19H19F3N6O3S2/c20-19(21,22)13-3-2-7-23-18(13)28-11-9-27(10-12-28)16(29)6-8-24-33(30,31)15-5-1-4-14-17(15)26-32-25-14/h1-5,7,24H,6,8-12H2. The summed E-state index contributed by atoms with van der Waals surface area (Å²) >= 11 is 0.907. The largest absolute Gasteiger partial charge is 0.419 e. The maximum atomic E-state index is 13.2. The van der Waals surface area contributed by atoms with Gasteiger partial charge in [0, 0.05) is 45.3 Å². The normalized spacial score (nSPS) is 15.2. The van der Waals surface area contributed by atoms with Crippen LogP contribution in [0.5, 0.6) is 0 Å². The van der Waals surface area contributed by atoms with Gasteiger partial charge in [-0.25, -0.2) is 18.1 Å². The Balaban J connectivity index is 1.32. The van der Waals surface area contributed by atoms with E-state index < -0.39 is 21.8 Å². The number of amides is 1. The third-order valence-electron chi connectivity index (χ3n) is 5.19. The molecule has 1 N–H and O–H groups in total. The number of piperazine rings is 1. The minimum atomic E-state index is -4.52. The van der Waals surface area contributed by atoms with E-state index in [4.69, 9.17) is 0 Å². The molecule has 4 rings (SSSR count). The number of hydrogen-bond donors (Lipinski definition) is 1. The SMILES string of the molecule is O=C(CCNS(=O)(=O)c1cccc2nsnc12)N1CCN(c2ncccc2C(F)(F)F)CC1. The smallest absolute Gasteiger partial charge is 0.353 e. The molecule has 3 aromatic rings. The summed E-state index contributed by atoms with van der Waals surface area (Å²) in [6.07, 6.45) is -3.30. The third kappa shape index (κ3) is 5.07. The second-order valence-corrected chi connectivity index (χ2v) is 9.54. The van der Waals surface area contributed by atoms with E-state index in [0.29, 0.717) is 5.52 Å². The molecular formula is C19H19F3N6O3S2. The van der Waals surface area contributed by atoms with Gasteiger partial charge in [0.2, 0.25) is 15.9 Å². The number of pyridine rings is 1. The Morgan fingerprint density at radius 1 is 1.09 bits per heavy atom. The van der Waals surface area contributed by atoms with Gasteiger partial charge in [0.1, 0.15) is 21.7 Å². The van der Waals surface area contributed by atoms with Crippen LogP contribution >= 0.6 is 11.7 Å². The lowest BCUT2D eigenvalue weighted by Gasteiger charge is -2.36. The molecular weight excluding hydrogens is 481 g/mol. The van der Waals surface area contributed by atoms with Gasteiger partial charge in [-0.2, -0.15) is 21.9 Å². The van der Waals surface area contributed by atoms with Crippen LogP contribution in [0.25, 0.3) is 11.0 Å². The molecule has 14 heteroatoms. The molecule has 1 amide bonds. The molecule has 1 aliphatic heterocycles. The number of aromatic nitrogens is 3. The molecule has 0 unspecified atom stereocenters. The van der Waals surface area contributed by atoms with Crippen molar-refractivity contribution < 1.29 is 26.4 Å². The molecule has 0 atom stereocenters. The molecule has 9 nitrogen and oxygen atoms in total. The number of carbonyl (C=O) groups excluding carboxylic acids is 1. The van der Waals surface area contributed by atoms with Crippen LogP contribution < -0.4 is 9.62 Å². The number of alkyl halides is 3. The van der Waals surface area contributed by atoms with Gasteiger partial charge in [-0.05, 0) is 24.3 Å². The Morgan fingerprint density at radius 3 is 2.58 bits per heavy atom. The minimum absolute atomic E-state index is 0.00866. The summed E-state index contributed by atoms with van der Waals surface area (Å²) in [5, 5.41) is 0. The molecule has 0 spiro atoms. The second-order valence-electron chi connectivity index (χ2n) is 7.28. The van der Waals surface area contributed by atoms with Crippen LogP contribution in [0.2, 0.25) is 0 Å². The molecule has 33 heavy (non-hydrogen) atoms. The minimum Gasteiger partial charge on any atom is -0.353 e. The first kappa shape index (κ1) is 23.3. The zero-order valence-corrected chi connectivity index (χ0v) is 18.8. The van der Waals surface area contributed by atoms with Crippen molar-refractivity contribution in [2.75, 3.05) is 37.6 Å². The zero-order valence-electron chi connectivity index (χ0n) is 17.1. The highest BCUT2D eigenvalue weighted by atomic mass is 32.2. The van der Waals surface area contributed by atoms with E-state index in [1.165, 1.54) is 28.1 Å². The summed E-state index contributed by atoms with van der Waals surface area (Å²) in [4.78, 5) is 19.4. The number of rotatable bonds is 6. The number of benzene rings is 1. The second kappa shape index (κ2) is 9.19. The molecule has 0 radical (unpaired) electrons. The van der Waals surface area contributed by atoms with Crippen LogP contribution in [0.1, 0.15) is 12.0 Å². The number of fused-ring (bicyclic) bond motifs is 1. The first-order valence-corrected chi connectivity index (χ1v) is 12.1. The first-order chi connectivity index (χ1) is 15.7. The fourth-order valence-corrected chi connectivity index (χ4v) is 5.36. The van der Waals surface area contributed by atoms with Crippen molar-refractivity contribution in [3.63, 3.8) is 0 Å². The molecule has 1 aromatic carbocycles. The lowest BCUT2D eigenvalue weighted by molar-refractivity contribution is -0.137. The predicted octanol–water partition coefficient (Wildman–Crippen LogP) is 2.12. The van der Waals surface area contributed by atoms with Crippen molar-refractivity contribution in [3.8, 4) is 0 Å². The van der Waals surface area contributed by atoms with Crippen molar-refractivity contribution in [2.24, 2.45) is 0 Å². The summed E-state index contributed by atoms with van der Waals surface area (Å²) in [6.45, 7) is 0.688. The Kier molecular flexibility index (Phi) is 6.50. The van der Waals surface area contributed by atoms with Crippen molar-refractivity contribution in [1.29, 1.82) is 0 Å². The van der Waals surface area contributed by atoms with Crippen LogP contribution in [-0.4, -0.2) is 65.7 Å². The summed E-state index contributed by atoms with van der Waals surface area (Å²) < 4.78 is 75.4. The Hall–Kier alpha value is -2.84. The monoisotopic (exact) mass is 500 g/mol. The van der Waals surface area contributed by atoms with Gasteiger partial charge in [-0.1, -0.05) is 6.07 Å². The van der Waals surface area contributed by atoms with E-state index in [2.05, 4.69) is 18.5 Å².